The number of likely N-dealkylation sites (tertiary alicyclic amines) is 1. The van der Waals surface area contributed by atoms with Crippen LogP contribution in [-0.4, -0.2) is 44.3 Å². The number of carboxylic acid groups (broad SMARTS) is 1. The molecule has 0 aliphatic carbocycles. The summed E-state index contributed by atoms with van der Waals surface area (Å²) in [6.07, 6.45) is 4.02. The van der Waals surface area contributed by atoms with E-state index < -0.39 is 12.0 Å². The van der Waals surface area contributed by atoms with Gasteiger partial charge in [-0.05, 0) is 25.2 Å². The number of aryl methyl sites for hydroxylation is 2. The average molecular weight is 279 g/mol. The third-order valence-electron chi connectivity index (χ3n) is 3.92. The zero-order chi connectivity index (χ0) is 14.9. The van der Waals surface area contributed by atoms with Crippen molar-refractivity contribution in [2.45, 2.75) is 39.2 Å². The van der Waals surface area contributed by atoms with Gasteiger partial charge >= 0.3 is 5.97 Å². The molecule has 1 fully saturated rings. The highest BCUT2D eigenvalue weighted by Crippen LogP contribution is 2.26. The molecule has 0 spiro atoms. The van der Waals surface area contributed by atoms with Crippen molar-refractivity contribution in [3.63, 3.8) is 0 Å². The number of hydrogen-bond acceptors (Lipinski definition) is 3. The van der Waals surface area contributed by atoms with E-state index in [0.29, 0.717) is 18.5 Å². The van der Waals surface area contributed by atoms with Crippen LogP contribution < -0.4 is 0 Å². The van der Waals surface area contributed by atoms with E-state index in [1.165, 1.54) is 4.90 Å². The van der Waals surface area contributed by atoms with Crippen LogP contribution >= 0.6 is 0 Å². The zero-order valence-electron chi connectivity index (χ0n) is 12.2. The van der Waals surface area contributed by atoms with E-state index in [9.17, 15) is 14.7 Å². The Bertz CT molecular complexity index is 524. The maximum Gasteiger partial charge on any atom is 0.326 e. The number of amides is 1. The van der Waals surface area contributed by atoms with Crippen LogP contribution in [0.25, 0.3) is 0 Å². The predicted octanol–water partition coefficient (Wildman–Crippen LogP) is 1.31. The SMILES string of the molecule is CCc1nn(C)cc1C(=O)N1CCCC(C)C1C(=O)O. The summed E-state index contributed by atoms with van der Waals surface area (Å²) in [7, 11) is 1.77. The molecule has 1 amide bonds. The molecule has 1 aliphatic rings. The molecule has 110 valence electrons. The zero-order valence-corrected chi connectivity index (χ0v) is 12.2. The number of rotatable bonds is 3. The third kappa shape index (κ3) is 2.55. The number of piperidine rings is 1. The van der Waals surface area contributed by atoms with Gasteiger partial charge in [-0.25, -0.2) is 4.79 Å². The molecule has 2 heterocycles. The molecule has 0 aromatic carbocycles. The lowest BCUT2D eigenvalue weighted by atomic mass is 9.90. The van der Waals surface area contributed by atoms with Gasteiger partial charge in [0.25, 0.3) is 5.91 Å². The quantitative estimate of drug-likeness (QED) is 0.905. The Morgan fingerprint density at radius 2 is 2.20 bits per heavy atom. The van der Waals surface area contributed by atoms with Crippen molar-refractivity contribution in [2.24, 2.45) is 13.0 Å². The van der Waals surface area contributed by atoms with Crippen LogP contribution in [0.4, 0.5) is 0 Å². The van der Waals surface area contributed by atoms with E-state index >= 15 is 0 Å². The lowest BCUT2D eigenvalue weighted by Crippen LogP contribution is -2.52. The monoisotopic (exact) mass is 279 g/mol. The summed E-state index contributed by atoms with van der Waals surface area (Å²) in [5.74, 6) is -1.16. The van der Waals surface area contributed by atoms with E-state index in [1.807, 2.05) is 13.8 Å². The minimum Gasteiger partial charge on any atom is -0.480 e. The van der Waals surface area contributed by atoms with Crippen LogP contribution in [0, 0.1) is 5.92 Å². The van der Waals surface area contributed by atoms with Crippen molar-refractivity contribution in [1.82, 2.24) is 14.7 Å². The molecule has 0 radical (unpaired) electrons. The Balaban J connectivity index is 2.32. The smallest absolute Gasteiger partial charge is 0.326 e. The van der Waals surface area contributed by atoms with Crippen molar-refractivity contribution in [1.29, 1.82) is 0 Å². The Morgan fingerprint density at radius 1 is 1.50 bits per heavy atom. The van der Waals surface area contributed by atoms with E-state index in [2.05, 4.69) is 5.10 Å². The number of nitrogens with zero attached hydrogens (tertiary/aromatic N) is 3. The molecule has 1 saturated heterocycles. The standard InChI is InChI=1S/C14H21N3O3/c1-4-11-10(8-16(3)15-11)13(18)17-7-5-6-9(2)12(17)14(19)20/h8-9,12H,4-7H2,1-3H3,(H,19,20). The Kier molecular flexibility index (Phi) is 4.11. The van der Waals surface area contributed by atoms with Gasteiger partial charge in [-0.2, -0.15) is 5.10 Å². The molecule has 1 aliphatic heterocycles. The topological polar surface area (TPSA) is 75.4 Å². The first-order valence-corrected chi connectivity index (χ1v) is 7.02. The molecule has 1 aromatic rings. The summed E-state index contributed by atoms with van der Waals surface area (Å²) < 4.78 is 1.61. The highest BCUT2D eigenvalue weighted by molar-refractivity contribution is 5.97. The van der Waals surface area contributed by atoms with Gasteiger partial charge in [0.2, 0.25) is 0 Å². The Morgan fingerprint density at radius 3 is 2.80 bits per heavy atom. The molecular formula is C14H21N3O3. The molecule has 2 atom stereocenters. The molecule has 0 bridgehead atoms. The van der Waals surface area contributed by atoms with Crippen molar-refractivity contribution in [2.75, 3.05) is 6.54 Å². The van der Waals surface area contributed by atoms with Gasteiger partial charge in [-0.3, -0.25) is 9.48 Å². The van der Waals surface area contributed by atoms with Crippen LogP contribution in [0.2, 0.25) is 0 Å². The van der Waals surface area contributed by atoms with Crippen LogP contribution in [0.3, 0.4) is 0 Å². The summed E-state index contributed by atoms with van der Waals surface area (Å²) in [5.41, 5.74) is 1.25. The number of aromatic nitrogens is 2. The van der Waals surface area contributed by atoms with Gasteiger partial charge in [0.15, 0.2) is 0 Å². The number of aliphatic carboxylic acids is 1. The summed E-state index contributed by atoms with van der Waals surface area (Å²) in [6.45, 7) is 4.33. The normalized spacial score (nSPS) is 22.9. The summed E-state index contributed by atoms with van der Waals surface area (Å²) >= 11 is 0. The third-order valence-corrected chi connectivity index (χ3v) is 3.92. The first-order valence-electron chi connectivity index (χ1n) is 7.02. The maximum atomic E-state index is 12.7. The number of carbonyl (C=O) groups excluding carboxylic acids is 1. The van der Waals surface area contributed by atoms with Gasteiger partial charge in [-0.15, -0.1) is 0 Å². The first-order chi connectivity index (χ1) is 9.45. The van der Waals surface area contributed by atoms with E-state index in [-0.39, 0.29) is 11.8 Å². The molecule has 20 heavy (non-hydrogen) atoms. The van der Waals surface area contributed by atoms with Gasteiger partial charge in [0.1, 0.15) is 6.04 Å². The fourth-order valence-corrected chi connectivity index (χ4v) is 2.92. The van der Waals surface area contributed by atoms with Crippen molar-refractivity contribution < 1.29 is 14.7 Å². The van der Waals surface area contributed by atoms with Crippen LogP contribution in [0.1, 0.15) is 42.7 Å². The Labute approximate surface area is 118 Å². The average Bonchev–Trinajstić information content (AvgIpc) is 2.78. The molecule has 6 nitrogen and oxygen atoms in total. The number of hydrogen-bond donors (Lipinski definition) is 1. The highest BCUT2D eigenvalue weighted by Gasteiger charge is 2.38. The maximum absolute atomic E-state index is 12.7. The molecular weight excluding hydrogens is 258 g/mol. The molecule has 1 N–H and O–H groups in total. The summed E-state index contributed by atoms with van der Waals surface area (Å²) in [4.78, 5) is 25.6. The highest BCUT2D eigenvalue weighted by atomic mass is 16.4. The number of carboxylic acids is 1. The fourth-order valence-electron chi connectivity index (χ4n) is 2.92. The molecule has 1 aromatic heterocycles. The van der Waals surface area contributed by atoms with Gasteiger partial charge in [0.05, 0.1) is 11.3 Å². The van der Waals surface area contributed by atoms with E-state index in [1.54, 1.807) is 17.9 Å². The van der Waals surface area contributed by atoms with Gasteiger partial charge in [-0.1, -0.05) is 13.8 Å². The van der Waals surface area contributed by atoms with Crippen LogP contribution in [0.5, 0.6) is 0 Å². The molecule has 2 rings (SSSR count). The van der Waals surface area contributed by atoms with Crippen LogP contribution in [-0.2, 0) is 18.3 Å². The Hall–Kier alpha value is -1.85. The van der Waals surface area contributed by atoms with Crippen molar-refractivity contribution >= 4 is 11.9 Å². The lowest BCUT2D eigenvalue weighted by molar-refractivity contribution is -0.145. The van der Waals surface area contributed by atoms with Crippen molar-refractivity contribution in [3.8, 4) is 0 Å². The van der Waals surface area contributed by atoms with Gasteiger partial charge < -0.3 is 10.0 Å². The minimum absolute atomic E-state index is 0.0213. The lowest BCUT2D eigenvalue weighted by Gasteiger charge is -2.37. The second kappa shape index (κ2) is 5.64. The largest absolute Gasteiger partial charge is 0.480 e. The van der Waals surface area contributed by atoms with Crippen LogP contribution in [0.15, 0.2) is 6.20 Å². The molecule has 0 saturated carbocycles. The molecule has 2 unspecified atom stereocenters. The predicted molar refractivity (Wildman–Crippen MR) is 73.4 cm³/mol. The fraction of sp³-hybridized carbons (Fsp3) is 0.643. The summed E-state index contributed by atoms with van der Waals surface area (Å²) in [5, 5.41) is 13.6. The number of carbonyl (C=O) groups is 2. The van der Waals surface area contributed by atoms with E-state index in [0.717, 1.165) is 18.5 Å². The van der Waals surface area contributed by atoms with Crippen molar-refractivity contribution in [3.05, 3.63) is 17.5 Å². The second-order valence-corrected chi connectivity index (χ2v) is 5.42. The second-order valence-electron chi connectivity index (χ2n) is 5.42. The first kappa shape index (κ1) is 14.6. The summed E-state index contributed by atoms with van der Waals surface area (Å²) in [6, 6.07) is -0.735. The van der Waals surface area contributed by atoms with E-state index in [4.69, 9.17) is 0 Å². The minimum atomic E-state index is -0.924. The van der Waals surface area contributed by atoms with Gasteiger partial charge in [0, 0.05) is 19.8 Å². The molecule has 6 heteroatoms.